The van der Waals surface area contributed by atoms with E-state index in [4.69, 9.17) is 21.2 Å². The van der Waals surface area contributed by atoms with Gasteiger partial charge in [0.1, 0.15) is 17.0 Å². The SMILES string of the molecule is CCOC(=O)C1CCC2(C=C(C#Cc3cc(Cl)ccn3)NO2)CC1. The number of carbonyl (C=O) groups excluding carboxylic acids is 1. The maximum Gasteiger partial charge on any atom is 0.308 e. The topological polar surface area (TPSA) is 60.5 Å². The van der Waals surface area contributed by atoms with Crippen LogP contribution in [0.5, 0.6) is 0 Å². The van der Waals surface area contributed by atoms with E-state index >= 15 is 0 Å². The number of nitrogens with zero attached hydrogens (tertiary/aromatic N) is 1. The number of aromatic nitrogens is 1. The fourth-order valence-electron chi connectivity index (χ4n) is 2.99. The number of carbonyl (C=O) groups is 1. The van der Waals surface area contributed by atoms with Gasteiger partial charge in [-0.05, 0) is 62.7 Å². The van der Waals surface area contributed by atoms with Gasteiger partial charge in [-0.1, -0.05) is 11.6 Å². The number of hydroxylamine groups is 1. The average molecular weight is 347 g/mol. The summed E-state index contributed by atoms with van der Waals surface area (Å²) in [7, 11) is 0. The van der Waals surface area contributed by atoms with Crippen molar-refractivity contribution in [3.05, 3.63) is 40.8 Å². The lowest BCUT2D eigenvalue weighted by Gasteiger charge is -2.33. The van der Waals surface area contributed by atoms with Crippen molar-refractivity contribution in [2.75, 3.05) is 6.61 Å². The summed E-state index contributed by atoms with van der Waals surface area (Å²) in [5.74, 6) is 5.84. The van der Waals surface area contributed by atoms with Crippen LogP contribution in [-0.2, 0) is 14.4 Å². The van der Waals surface area contributed by atoms with E-state index in [-0.39, 0.29) is 17.5 Å². The maximum atomic E-state index is 11.8. The summed E-state index contributed by atoms with van der Waals surface area (Å²) in [4.78, 5) is 21.7. The molecule has 3 rings (SSSR count). The number of hydrogen-bond donors (Lipinski definition) is 1. The van der Waals surface area contributed by atoms with Crippen molar-refractivity contribution in [2.24, 2.45) is 5.92 Å². The average Bonchev–Trinajstić information content (AvgIpc) is 2.97. The molecule has 0 saturated heterocycles. The summed E-state index contributed by atoms with van der Waals surface area (Å²) in [5, 5.41) is 0.604. The molecular weight excluding hydrogens is 328 g/mol. The lowest BCUT2D eigenvalue weighted by Crippen LogP contribution is -2.36. The zero-order chi connectivity index (χ0) is 17.0. The predicted molar refractivity (Wildman–Crippen MR) is 89.8 cm³/mol. The summed E-state index contributed by atoms with van der Waals surface area (Å²) in [6, 6.07) is 3.42. The third-order valence-corrected chi connectivity index (χ3v) is 4.51. The van der Waals surface area contributed by atoms with Crippen LogP contribution in [0.15, 0.2) is 30.1 Å². The van der Waals surface area contributed by atoms with E-state index in [0.717, 1.165) is 25.7 Å². The van der Waals surface area contributed by atoms with Gasteiger partial charge in [-0.15, -0.1) is 0 Å². The van der Waals surface area contributed by atoms with Crippen molar-refractivity contribution < 1.29 is 14.4 Å². The van der Waals surface area contributed by atoms with Gasteiger partial charge in [0.05, 0.1) is 12.5 Å². The standard InChI is InChI=1S/C18H19ClN2O3/c1-2-23-17(22)13-5-8-18(9-6-13)12-16(21-24-18)4-3-15-11-14(19)7-10-20-15/h7,10-13,21H,2,5-6,8-9H2,1H3. The van der Waals surface area contributed by atoms with Crippen molar-refractivity contribution in [1.29, 1.82) is 0 Å². The van der Waals surface area contributed by atoms with Crippen molar-refractivity contribution >= 4 is 17.6 Å². The molecule has 0 bridgehead atoms. The van der Waals surface area contributed by atoms with Gasteiger partial charge in [0.2, 0.25) is 0 Å². The lowest BCUT2D eigenvalue weighted by molar-refractivity contribution is -0.151. The number of hydrogen-bond acceptors (Lipinski definition) is 5. The molecule has 1 N–H and O–H groups in total. The number of esters is 1. The van der Waals surface area contributed by atoms with Crippen LogP contribution in [0.25, 0.3) is 0 Å². The van der Waals surface area contributed by atoms with E-state index in [1.165, 1.54) is 0 Å². The zero-order valence-corrected chi connectivity index (χ0v) is 14.2. The van der Waals surface area contributed by atoms with Crippen molar-refractivity contribution in [3.63, 3.8) is 0 Å². The second-order valence-electron chi connectivity index (χ2n) is 5.96. The minimum Gasteiger partial charge on any atom is -0.466 e. The Morgan fingerprint density at radius 2 is 2.29 bits per heavy atom. The molecule has 0 amide bonds. The molecule has 2 heterocycles. The molecule has 0 radical (unpaired) electrons. The molecule has 0 unspecified atom stereocenters. The van der Waals surface area contributed by atoms with Crippen LogP contribution in [0.3, 0.4) is 0 Å². The van der Waals surface area contributed by atoms with Gasteiger partial charge < -0.3 is 4.74 Å². The number of allylic oxidation sites excluding steroid dienone is 1. The smallest absolute Gasteiger partial charge is 0.308 e. The molecule has 24 heavy (non-hydrogen) atoms. The highest BCUT2D eigenvalue weighted by molar-refractivity contribution is 6.30. The molecule has 1 aromatic rings. The summed E-state index contributed by atoms with van der Waals surface area (Å²) in [5.41, 5.74) is 3.82. The second kappa shape index (κ2) is 7.25. The largest absolute Gasteiger partial charge is 0.466 e. The normalized spacial score (nSPS) is 25.4. The highest BCUT2D eigenvalue weighted by Crippen LogP contribution is 2.38. The highest BCUT2D eigenvalue weighted by Gasteiger charge is 2.41. The number of rotatable bonds is 2. The Bertz CT molecular complexity index is 712. The van der Waals surface area contributed by atoms with Crippen LogP contribution in [0, 0.1) is 17.8 Å². The minimum absolute atomic E-state index is 0.0293. The minimum atomic E-state index is -0.380. The first-order valence-corrected chi connectivity index (χ1v) is 8.45. The Morgan fingerprint density at radius 1 is 1.50 bits per heavy atom. The molecule has 1 fully saturated rings. The predicted octanol–water partition coefficient (Wildman–Crippen LogP) is 3.00. The molecule has 1 aliphatic heterocycles. The van der Waals surface area contributed by atoms with E-state index in [0.29, 0.717) is 23.0 Å². The molecular formula is C18H19ClN2O3. The zero-order valence-electron chi connectivity index (χ0n) is 13.5. The Morgan fingerprint density at radius 3 is 3.00 bits per heavy atom. The molecule has 1 saturated carbocycles. The van der Waals surface area contributed by atoms with E-state index in [2.05, 4.69) is 22.3 Å². The van der Waals surface area contributed by atoms with Crippen LogP contribution >= 0.6 is 11.6 Å². The number of halogens is 1. The highest BCUT2D eigenvalue weighted by atomic mass is 35.5. The van der Waals surface area contributed by atoms with Crippen LogP contribution in [0.4, 0.5) is 0 Å². The summed E-state index contributed by atoms with van der Waals surface area (Å²) in [6.07, 6.45) is 6.68. The van der Waals surface area contributed by atoms with Crippen LogP contribution in [-0.4, -0.2) is 23.2 Å². The summed E-state index contributed by atoms with van der Waals surface area (Å²) < 4.78 is 5.10. The number of ether oxygens (including phenoxy) is 1. The molecule has 0 atom stereocenters. The van der Waals surface area contributed by atoms with E-state index in [1.807, 2.05) is 13.0 Å². The fourth-order valence-corrected chi connectivity index (χ4v) is 3.15. The van der Waals surface area contributed by atoms with Crippen molar-refractivity contribution in [1.82, 2.24) is 10.5 Å². The first-order valence-electron chi connectivity index (χ1n) is 8.07. The van der Waals surface area contributed by atoms with Gasteiger partial charge in [0.15, 0.2) is 0 Å². The van der Waals surface area contributed by atoms with Gasteiger partial charge in [-0.3, -0.25) is 15.1 Å². The van der Waals surface area contributed by atoms with E-state index in [1.54, 1.807) is 18.3 Å². The third-order valence-electron chi connectivity index (χ3n) is 4.27. The van der Waals surface area contributed by atoms with Gasteiger partial charge >= 0.3 is 5.97 Å². The Labute approximate surface area is 146 Å². The van der Waals surface area contributed by atoms with Crippen LogP contribution in [0.1, 0.15) is 38.3 Å². The second-order valence-corrected chi connectivity index (χ2v) is 6.40. The molecule has 5 nitrogen and oxygen atoms in total. The van der Waals surface area contributed by atoms with E-state index in [9.17, 15) is 4.79 Å². The summed E-state index contributed by atoms with van der Waals surface area (Å²) >= 11 is 5.92. The van der Waals surface area contributed by atoms with Crippen molar-refractivity contribution in [3.8, 4) is 11.8 Å². The van der Waals surface area contributed by atoms with Crippen LogP contribution < -0.4 is 5.48 Å². The first kappa shape index (κ1) is 16.8. The lowest BCUT2D eigenvalue weighted by atomic mass is 9.78. The quantitative estimate of drug-likeness (QED) is 0.659. The molecule has 126 valence electrons. The van der Waals surface area contributed by atoms with Gasteiger partial charge in [0.25, 0.3) is 0 Å². The Balaban J connectivity index is 1.63. The monoisotopic (exact) mass is 346 g/mol. The molecule has 1 aliphatic carbocycles. The third kappa shape index (κ3) is 3.89. The first-order chi connectivity index (χ1) is 11.6. The molecule has 1 spiro atoms. The molecule has 0 aromatic carbocycles. The Hall–Kier alpha value is -2.03. The Kier molecular flexibility index (Phi) is 5.08. The van der Waals surface area contributed by atoms with Gasteiger partial charge in [-0.25, -0.2) is 4.98 Å². The number of pyridine rings is 1. The van der Waals surface area contributed by atoms with Gasteiger partial charge in [0, 0.05) is 11.2 Å². The molecule has 2 aliphatic rings. The fraction of sp³-hybridized carbons (Fsp3) is 0.444. The van der Waals surface area contributed by atoms with Crippen molar-refractivity contribution in [2.45, 2.75) is 38.2 Å². The number of nitrogens with one attached hydrogen (secondary N) is 1. The summed E-state index contributed by atoms with van der Waals surface area (Å²) in [6.45, 7) is 2.25. The molecule has 6 heteroatoms. The van der Waals surface area contributed by atoms with E-state index < -0.39 is 0 Å². The van der Waals surface area contributed by atoms with Gasteiger partial charge in [-0.2, -0.15) is 0 Å². The van der Waals surface area contributed by atoms with Crippen LogP contribution in [0.2, 0.25) is 5.02 Å². The maximum absolute atomic E-state index is 11.8. The molecule has 1 aromatic heterocycles.